The first-order chi connectivity index (χ1) is 11.8. The van der Waals surface area contributed by atoms with Crippen LogP contribution in [-0.4, -0.2) is 0 Å². The van der Waals surface area contributed by atoms with Gasteiger partial charge < -0.3 is 4.42 Å². The molecule has 1 heterocycles. The topological polar surface area (TPSA) is 13.1 Å². The molecular weight excluding hydrogens is 316 g/mol. The molecule has 0 amide bonds. The molecular formula is C22H13ClO. The molecule has 0 saturated carbocycles. The average Bonchev–Trinajstić information content (AvgIpc) is 2.97. The summed E-state index contributed by atoms with van der Waals surface area (Å²) < 4.78 is 6.12. The maximum atomic E-state index is 6.25. The van der Waals surface area contributed by atoms with Crippen molar-refractivity contribution >= 4 is 44.3 Å². The van der Waals surface area contributed by atoms with E-state index in [1.807, 2.05) is 24.3 Å². The van der Waals surface area contributed by atoms with Crippen LogP contribution in [0.4, 0.5) is 0 Å². The van der Waals surface area contributed by atoms with E-state index in [9.17, 15) is 0 Å². The van der Waals surface area contributed by atoms with Crippen molar-refractivity contribution in [3.05, 3.63) is 83.9 Å². The third-order valence-corrected chi connectivity index (χ3v) is 4.74. The molecule has 4 aromatic carbocycles. The molecule has 0 aliphatic carbocycles. The maximum Gasteiger partial charge on any atom is 0.136 e. The summed E-state index contributed by atoms with van der Waals surface area (Å²) in [7, 11) is 0. The van der Waals surface area contributed by atoms with Gasteiger partial charge in [-0.1, -0.05) is 66.2 Å². The van der Waals surface area contributed by atoms with E-state index in [1.165, 1.54) is 21.9 Å². The minimum Gasteiger partial charge on any atom is -0.456 e. The zero-order valence-corrected chi connectivity index (χ0v) is 13.5. The molecule has 0 saturated heterocycles. The van der Waals surface area contributed by atoms with Crippen molar-refractivity contribution in [3.8, 4) is 11.1 Å². The number of hydrogen-bond donors (Lipinski definition) is 0. The summed E-state index contributed by atoms with van der Waals surface area (Å²) in [4.78, 5) is 0. The van der Waals surface area contributed by atoms with Crippen LogP contribution in [0.2, 0.25) is 5.02 Å². The molecule has 0 aliphatic rings. The van der Waals surface area contributed by atoms with Crippen molar-refractivity contribution in [2.45, 2.75) is 0 Å². The van der Waals surface area contributed by atoms with Crippen LogP contribution in [0.5, 0.6) is 0 Å². The van der Waals surface area contributed by atoms with Crippen LogP contribution in [0, 0.1) is 0 Å². The molecule has 114 valence electrons. The van der Waals surface area contributed by atoms with Crippen LogP contribution in [0.25, 0.3) is 43.8 Å². The second-order valence-corrected chi connectivity index (χ2v) is 6.39. The SMILES string of the molecule is Clc1ccc2oc3cc4ccccc4c(-c4ccccc4)c3c2c1. The highest BCUT2D eigenvalue weighted by Crippen LogP contribution is 2.42. The molecule has 0 spiro atoms. The highest BCUT2D eigenvalue weighted by Gasteiger charge is 2.16. The fraction of sp³-hybridized carbons (Fsp3) is 0. The average molecular weight is 329 g/mol. The molecule has 0 radical (unpaired) electrons. The number of furan rings is 1. The Morgan fingerprint density at radius 2 is 1.46 bits per heavy atom. The number of fused-ring (bicyclic) bond motifs is 4. The number of rotatable bonds is 1. The van der Waals surface area contributed by atoms with Gasteiger partial charge in [-0.2, -0.15) is 0 Å². The molecule has 1 aromatic heterocycles. The van der Waals surface area contributed by atoms with Crippen LogP contribution in [0.1, 0.15) is 0 Å². The predicted molar refractivity (Wildman–Crippen MR) is 102 cm³/mol. The van der Waals surface area contributed by atoms with Crippen LogP contribution in [-0.2, 0) is 0 Å². The van der Waals surface area contributed by atoms with Crippen molar-refractivity contribution in [1.82, 2.24) is 0 Å². The summed E-state index contributed by atoms with van der Waals surface area (Å²) in [5, 5.41) is 5.30. The van der Waals surface area contributed by atoms with Gasteiger partial charge in [-0.3, -0.25) is 0 Å². The zero-order chi connectivity index (χ0) is 16.1. The van der Waals surface area contributed by atoms with E-state index in [0.29, 0.717) is 0 Å². The van der Waals surface area contributed by atoms with Gasteiger partial charge in [-0.15, -0.1) is 0 Å². The van der Waals surface area contributed by atoms with Gasteiger partial charge >= 0.3 is 0 Å². The summed E-state index contributed by atoms with van der Waals surface area (Å²) in [6.45, 7) is 0. The van der Waals surface area contributed by atoms with Crippen LogP contribution >= 0.6 is 11.6 Å². The Bertz CT molecular complexity index is 1200. The van der Waals surface area contributed by atoms with E-state index in [0.717, 1.165) is 27.0 Å². The van der Waals surface area contributed by atoms with E-state index in [-0.39, 0.29) is 0 Å². The van der Waals surface area contributed by atoms with Gasteiger partial charge in [0.15, 0.2) is 0 Å². The third kappa shape index (κ3) is 1.95. The number of benzene rings is 4. The first-order valence-corrected chi connectivity index (χ1v) is 8.28. The summed E-state index contributed by atoms with van der Waals surface area (Å²) in [6.07, 6.45) is 0. The van der Waals surface area contributed by atoms with Crippen molar-refractivity contribution in [3.63, 3.8) is 0 Å². The molecule has 0 unspecified atom stereocenters. The Hall–Kier alpha value is -2.77. The summed E-state index contributed by atoms with van der Waals surface area (Å²) >= 11 is 6.25. The lowest BCUT2D eigenvalue weighted by Crippen LogP contribution is -1.83. The largest absolute Gasteiger partial charge is 0.456 e. The van der Waals surface area contributed by atoms with E-state index in [2.05, 4.69) is 54.6 Å². The summed E-state index contributed by atoms with van der Waals surface area (Å²) in [5.74, 6) is 0. The minimum atomic E-state index is 0.720. The molecule has 0 N–H and O–H groups in total. The fourth-order valence-corrected chi connectivity index (χ4v) is 3.65. The molecule has 0 aliphatic heterocycles. The lowest BCUT2D eigenvalue weighted by atomic mass is 9.93. The van der Waals surface area contributed by atoms with Crippen molar-refractivity contribution in [1.29, 1.82) is 0 Å². The quantitative estimate of drug-likeness (QED) is 0.321. The molecule has 5 rings (SSSR count). The Morgan fingerprint density at radius 1 is 0.667 bits per heavy atom. The van der Waals surface area contributed by atoms with Crippen molar-refractivity contribution < 1.29 is 4.42 Å². The predicted octanol–water partition coefficient (Wildman–Crippen LogP) is 7.06. The van der Waals surface area contributed by atoms with E-state index in [4.69, 9.17) is 16.0 Å². The Labute approximate surface area is 144 Å². The lowest BCUT2D eigenvalue weighted by Gasteiger charge is -2.09. The standard InChI is InChI=1S/C22H13ClO/c23-16-10-11-19-18(13-16)22-20(24-19)12-15-8-4-5-9-17(15)21(22)14-6-2-1-3-7-14/h1-13H. The molecule has 0 fully saturated rings. The molecule has 5 aromatic rings. The molecule has 1 nitrogen and oxygen atoms in total. The molecule has 24 heavy (non-hydrogen) atoms. The van der Waals surface area contributed by atoms with E-state index >= 15 is 0 Å². The Balaban J connectivity index is 2.08. The zero-order valence-electron chi connectivity index (χ0n) is 12.8. The van der Waals surface area contributed by atoms with E-state index < -0.39 is 0 Å². The number of halogens is 1. The van der Waals surface area contributed by atoms with E-state index in [1.54, 1.807) is 0 Å². The monoisotopic (exact) mass is 328 g/mol. The van der Waals surface area contributed by atoms with Gasteiger partial charge in [-0.05, 0) is 40.6 Å². The van der Waals surface area contributed by atoms with Gasteiger partial charge in [-0.25, -0.2) is 0 Å². The first kappa shape index (κ1) is 13.6. The van der Waals surface area contributed by atoms with Crippen molar-refractivity contribution in [2.24, 2.45) is 0 Å². The van der Waals surface area contributed by atoms with Gasteiger partial charge in [0.2, 0.25) is 0 Å². The molecule has 0 atom stereocenters. The fourth-order valence-electron chi connectivity index (χ4n) is 3.48. The van der Waals surface area contributed by atoms with Crippen LogP contribution in [0.15, 0.2) is 83.3 Å². The smallest absolute Gasteiger partial charge is 0.136 e. The second kappa shape index (κ2) is 5.12. The molecule has 2 heteroatoms. The Morgan fingerprint density at radius 3 is 2.33 bits per heavy atom. The summed E-state index contributed by atoms with van der Waals surface area (Å²) in [5.41, 5.74) is 4.14. The Kier molecular flexibility index (Phi) is 2.91. The minimum absolute atomic E-state index is 0.720. The number of hydrogen-bond acceptors (Lipinski definition) is 1. The molecule has 0 bridgehead atoms. The van der Waals surface area contributed by atoms with Gasteiger partial charge in [0, 0.05) is 21.4 Å². The third-order valence-electron chi connectivity index (χ3n) is 4.51. The maximum absolute atomic E-state index is 6.25. The lowest BCUT2D eigenvalue weighted by molar-refractivity contribution is 0.669. The van der Waals surface area contributed by atoms with Gasteiger partial charge in [0.05, 0.1) is 0 Å². The highest BCUT2D eigenvalue weighted by atomic mass is 35.5. The van der Waals surface area contributed by atoms with Gasteiger partial charge in [0.25, 0.3) is 0 Å². The van der Waals surface area contributed by atoms with Crippen LogP contribution in [0.3, 0.4) is 0 Å². The summed E-state index contributed by atoms with van der Waals surface area (Å²) in [6, 6.07) is 26.8. The first-order valence-electron chi connectivity index (χ1n) is 7.90. The highest BCUT2D eigenvalue weighted by molar-refractivity contribution is 6.32. The normalized spacial score (nSPS) is 11.5. The second-order valence-electron chi connectivity index (χ2n) is 5.95. The van der Waals surface area contributed by atoms with Crippen molar-refractivity contribution in [2.75, 3.05) is 0 Å². The van der Waals surface area contributed by atoms with Crippen LogP contribution < -0.4 is 0 Å². The van der Waals surface area contributed by atoms with Gasteiger partial charge in [0.1, 0.15) is 11.2 Å².